The highest BCUT2D eigenvalue weighted by Crippen LogP contribution is 2.44. The second-order valence-corrected chi connectivity index (χ2v) is 15.3. The van der Waals surface area contributed by atoms with Crippen LogP contribution >= 0.6 is 0 Å². The third-order valence-corrected chi connectivity index (χ3v) is 12.4. The van der Waals surface area contributed by atoms with E-state index in [4.69, 9.17) is 5.73 Å². The maximum atomic E-state index is 8.08. The average molecular weight is 681 g/mol. The number of aromatic nitrogens is 1. The molecular formula is C51H40N2. The minimum absolute atomic E-state index is 0.660. The van der Waals surface area contributed by atoms with Gasteiger partial charge in [-0.3, -0.25) is 0 Å². The van der Waals surface area contributed by atoms with Crippen molar-refractivity contribution >= 4 is 43.2 Å². The van der Waals surface area contributed by atoms with Gasteiger partial charge in [0.1, 0.15) is 0 Å². The first-order chi connectivity index (χ1) is 26.2. The van der Waals surface area contributed by atoms with Gasteiger partial charge in [0, 0.05) is 23.2 Å². The minimum atomic E-state index is -0.802. The van der Waals surface area contributed by atoms with Crippen molar-refractivity contribution in [2.75, 3.05) is 0 Å². The lowest BCUT2D eigenvalue weighted by Gasteiger charge is -2.33. The molecule has 254 valence electrons. The van der Waals surface area contributed by atoms with Gasteiger partial charge < -0.3 is 10.3 Å². The number of hydrogen-bond acceptors (Lipinski definition) is 1. The number of fused-ring (bicyclic) bond motifs is 12. The Balaban J connectivity index is 1.14. The second kappa shape index (κ2) is 11.8. The van der Waals surface area contributed by atoms with Crippen LogP contribution in [0.5, 0.6) is 0 Å². The van der Waals surface area contributed by atoms with E-state index < -0.39 is 5.54 Å². The molecule has 1 unspecified atom stereocenters. The summed E-state index contributed by atoms with van der Waals surface area (Å²) < 4.78 is 2.57. The van der Waals surface area contributed by atoms with Crippen molar-refractivity contribution in [3.63, 3.8) is 0 Å². The van der Waals surface area contributed by atoms with Gasteiger partial charge in [-0.15, -0.1) is 0 Å². The molecule has 2 aliphatic rings. The van der Waals surface area contributed by atoms with Crippen molar-refractivity contribution in [2.45, 2.75) is 44.1 Å². The lowest BCUT2D eigenvalue weighted by atomic mass is 9.76. The van der Waals surface area contributed by atoms with E-state index in [1.54, 1.807) is 0 Å². The highest BCUT2D eigenvalue weighted by molar-refractivity contribution is 6.25. The van der Waals surface area contributed by atoms with Crippen LogP contribution in [-0.4, -0.2) is 4.57 Å². The van der Waals surface area contributed by atoms with Gasteiger partial charge in [-0.05, 0) is 127 Å². The van der Waals surface area contributed by atoms with E-state index in [9.17, 15) is 0 Å². The van der Waals surface area contributed by atoms with Gasteiger partial charge >= 0.3 is 0 Å². The molecule has 1 heterocycles. The molecule has 0 amide bonds. The largest absolute Gasteiger partial charge is 0.317 e. The summed E-state index contributed by atoms with van der Waals surface area (Å²) in [6, 6.07) is 58.6. The van der Waals surface area contributed by atoms with Crippen molar-refractivity contribution in [2.24, 2.45) is 5.73 Å². The van der Waals surface area contributed by atoms with E-state index >= 15 is 0 Å². The molecule has 0 saturated heterocycles. The standard InChI is InChI=1S/C51H40N2/c52-51(36-25-27-39-35(30-36)29-33-13-1-3-15-38(33)39,37-26-28-44-42-18-5-4-16-40(42)41-17-6-7-19-43(41)47(44)31-37)32-34-14-2-10-22-48(34)53-49-23-11-8-20-45(49)46-21-9-12-24-50(46)53/h1-8,10-11,13-20,22-23,25-28,30-31H,9,12,21,24,29,32,52H2. The van der Waals surface area contributed by atoms with Gasteiger partial charge in [-0.25, -0.2) is 0 Å². The van der Waals surface area contributed by atoms with Crippen molar-refractivity contribution in [3.8, 4) is 16.8 Å². The molecule has 53 heavy (non-hydrogen) atoms. The quantitative estimate of drug-likeness (QED) is 0.180. The van der Waals surface area contributed by atoms with Crippen LogP contribution in [-0.2, 0) is 31.2 Å². The zero-order valence-electron chi connectivity index (χ0n) is 29.8. The van der Waals surface area contributed by atoms with Gasteiger partial charge in [0.15, 0.2) is 0 Å². The highest BCUT2D eigenvalue weighted by atomic mass is 15.0. The van der Waals surface area contributed by atoms with Crippen molar-refractivity contribution < 1.29 is 0 Å². The van der Waals surface area contributed by atoms with Crippen LogP contribution in [0, 0.1) is 0 Å². The molecule has 2 N–H and O–H groups in total. The molecule has 1 atom stereocenters. The normalized spacial score (nSPS) is 14.7. The Labute approximate surface area is 310 Å². The van der Waals surface area contributed by atoms with E-state index in [-0.39, 0.29) is 0 Å². The Kier molecular flexibility index (Phi) is 6.81. The van der Waals surface area contributed by atoms with Crippen molar-refractivity contribution in [1.29, 1.82) is 0 Å². The SMILES string of the molecule is NC(Cc1ccccc1-n1c2c(c3ccccc31)CCCC2)(c1ccc2c(c1)Cc1ccccc1-2)c1ccc2c3ccccc3c3ccccc3c2c1. The fraction of sp³-hybridized carbons (Fsp3) is 0.137. The summed E-state index contributed by atoms with van der Waals surface area (Å²) in [6.07, 6.45) is 6.31. The summed E-state index contributed by atoms with van der Waals surface area (Å²) in [7, 11) is 0. The van der Waals surface area contributed by atoms with E-state index in [1.165, 1.54) is 101 Å². The Morgan fingerprint density at radius 2 is 1.08 bits per heavy atom. The van der Waals surface area contributed by atoms with Gasteiger partial charge in [0.05, 0.1) is 11.1 Å². The third-order valence-electron chi connectivity index (χ3n) is 12.4. The third kappa shape index (κ3) is 4.62. The summed E-state index contributed by atoms with van der Waals surface area (Å²) in [5.74, 6) is 0. The predicted molar refractivity (Wildman–Crippen MR) is 222 cm³/mol. The number of nitrogens with zero attached hydrogens (tertiary/aromatic N) is 1. The number of hydrogen-bond donors (Lipinski definition) is 1. The molecule has 0 bridgehead atoms. The smallest absolute Gasteiger partial charge is 0.0707 e. The Morgan fingerprint density at radius 3 is 1.89 bits per heavy atom. The molecule has 2 heteroatoms. The molecule has 2 nitrogen and oxygen atoms in total. The molecule has 11 rings (SSSR count). The van der Waals surface area contributed by atoms with E-state index in [0.717, 1.165) is 30.4 Å². The number of para-hydroxylation sites is 2. The van der Waals surface area contributed by atoms with Crippen LogP contribution in [0.25, 0.3) is 60.0 Å². The molecule has 0 aliphatic heterocycles. The molecule has 2 aliphatic carbocycles. The monoisotopic (exact) mass is 680 g/mol. The first-order valence-electron chi connectivity index (χ1n) is 19.2. The lowest BCUT2D eigenvalue weighted by Crippen LogP contribution is -2.40. The molecule has 8 aromatic carbocycles. The lowest BCUT2D eigenvalue weighted by molar-refractivity contribution is 0.534. The Bertz CT molecular complexity index is 2890. The summed E-state index contributed by atoms with van der Waals surface area (Å²) in [6.45, 7) is 0. The summed E-state index contributed by atoms with van der Waals surface area (Å²) in [5.41, 5.74) is 21.8. The summed E-state index contributed by atoms with van der Waals surface area (Å²) in [5, 5.41) is 9.01. The fourth-order valence-electron chi connectivity index (χ4n) is 9.93. The maximum Gasteiger partial charge on any atom is 0.0707 e. The van der Waals surface area contributed by atoms with Gasteiger partial charge in [-0.2, -0.15) is 0 Å². The van der Waals surface area contributed by atoms with E-state index in [1.807, 2.05) is 0 Å². The molecule has 0 fully saturated rings. The minimum Gasteiger partial charge on any atom is -0.317 e. The molecule has 1 aromatic heterocycles. The van der Waals surface area contributed by atoms with Gasteiger partial charge in [0.25, 0.3) is 0 Å². The molecule has 0 saturated carbocycles. The molecule has 9 aromatic rings. The summed E-state index contributed by atoms with van der Waals surface area (Å²) in [4.78, 5) is 0. The molecular weight excluding hydrogens is 641 g/mol. The first-order valence-corrected chi connectivity index (χ1v) is 19.2. The number of aryl methyl sites for hydroxylation is 1. The van der Waals surface area contributed by atoms with Crippen molar-refractivity contribution in [1.82, 2.24) is 4.57 Å². The van der Waals surface area contributed by atoms with Crippen LogP contribution in [0.1, 0.15) is 51.9 Å². The van der Waals surface area contributed by atoms with Gasteiger partial charge in [-0.1, -0.05) is 140 Å². The Hall–Kier alpha value is -5.96. The second-order valence-electron chi connectivity index (χ2n) is 15.3. The highest BCUT2D eigenvalue weighted by Gasteiger charge is 2.34. The molecule has 0 spiro atoms. The van der Waals surface area contributed by atoms with Crippen LogP contribution < -0.4 is 5.73 Å². The number of rotatable bonds is 5. The fourth-order valence-corrected chi connectivity index (χ4v) is 9.93. The molecule has 0 radical (unpaired) electrons. The predicted octanol–water partition coefficient (Wildman–Crippen LogP) is 12.0. The van der Waals surface area contributed by atoms with Crippen LogP contribution in [0.15, 0.2) is 158 Å². The van der Waals surface area contributed by atoms with E-state index in [2.05, 4.69) is 162 Å². The zero-order valence-corrected chi connectivity index (χ0v) is 29.8. The number of benzene rings is 8. The Morgan fingerprint density at radius 1 is 0.491 bits per heavy atom. The zero-order chi connectivity index (χ0) is 35.1. The first kappa shape index (κ1) is 30.6. The van der Waals surface area contributed by atoms with Crippen LogP contribution in [0.4, 0.5) is 0 Å². The van der Waals surface area contributed by atoms with Crippen molar-refractivity contribution in [3.05, 3.63) is 197 Å². The van der Waals surface area contributed by atoms with Crippen LogP contribution in [0.3, 0.4) is 0 Å². The van der Waals surface area contributed by atoms with Gasteiger partial charge in [0.2, 0.25) is 0 Å². The topological polar surface area (TPSA) is 30.9 Å². The van der Waals surface area contributed by atoms with E-state index in [0.29, 0.717) is 6.42 Å². The number of nitrogens with two attached hydrogens (primary N) is 1. The maximum absolute atomic E-state index is 8.08. The van der Waals surface area contributed by atoms with Crippen LogP contribution in [0.2, 0.25) is 0 Å². The average Bonchev–Trinajstić information content (AvgIpc) is 3.76. The summed E-state index contributed by atoms with van der Waals surface area (Å²) >= 11 is 0.